The Balaban J connectivity index is 1.46. The number of rotatable bonds is 8. The molecule has 1 amide bonds. The van der Waals surface area contributed by atoms with Gasteiger partial charge in [0.25, 0.3) is 5.91 Å². The van der Waals surface area contributed by atoms with Gasteiger partial charge in [-0.2, -0.15) is 4.31 Å². The largest absolute Gasteiger partial charge is 0.455 e. The number of nitrogens with one attached hydrogen (secondary N) is 1. The molecule has 0 spiro atoms. The topological polar surface area (TPSA) is 92.8 Å². The zero-order chi connectivity index (χ0) is 22.3. The second-order valence-corrected chi connectivity index (χ2v) is 10.2. The van der Waals surface area contributed by atoms with Crippen molar-refractivity contribution in [3.63, 3.8) is 0 Å². The van der Waals surface area contributed by atoms with Gasteiger partial charge in [-0.1, -0.05) is 24.6 Å². The van der Waals surface area contributed by atoms with E-state index in [-0.39, 0.29) is 10.6 Å². The van der Waals surface area contributed by atoms with Crippen LogP contribution >= 0.6 is 11.8 Å². The number of benzene rings is 2. The van der Waals surface area contributed by atoms with E-state index in [0.717, 1.165) is 29.7 Å². The summed E-state index contributed by atoms with van der Waals surface area (Å²) in [5.74, 6) is -0.853. The molecule has 1 heterocycles. The predicted octanol–water partition coefficient (Wildman–Crippen LogP) is 3.44. The van der Waals surface area contributed by atoms with Gasteiger partial charge < -0.3 is 10.1 Å². The van der Waals surface area contributed by atoms with Gasteiger partial charge in [0.05, 0.1) is 10.6 Å². The number of thioether (sulfide) groups is 1. The Morgan fingerprint density at radius 3 is 2.39 bits per heavy atom. The van der Waals surface area contributed by atoms with Gasteiger partial charge in [0.2, 0.25) is 10.0 Å². The molecule has 2 aromatic carbocycles. The third kappa shape index (κ3) is 6.56. The maximum atomic E-state index is 12.7. The number of carbonyl (C=O) groups excluding carboxylic acids is 2. The molecule has 0 aromatic heterocycles. The van der Waals surface area contributed by atoms with Gasteiger partial charge >= 0.3 is 5.97 Å². The van der Waals surface area contributed by atoms with Crippen molar-refractivity contribution in [1.29, 1.82) is 0 Å². The molecule has 166 valence electrons. The Morgan fingerprint density at radius 1 is 1.03 bits per heavy atom. The predicted molar refractivity (Wildman–Crippen MR) is 121 cm³/mol. The molecule has 0 aliphatic carbocycles. The molecule has 2 aromatic rings. The van der Waals surface area contributed by atoms with Crippen LogP contribution in [0.15, 0.2) is 58.3 Å². The second-order valence-electron chi connectivity index (χ2n) is 7.25. The van der Waals surface area contributed by atoms with E-state index in [9.17, 15) is 18.0 Å². The van der Waals surface area contributed by atoms with E-state index < -0.39 is 28.5 Å². The van der Waals surface area contributed by atoms with Gasteiger partial charge in [-0.3, -0.25) is 9.59 Å². The number of anilines is 1. The van der Waals surface area contributed by atoms with E-state index in [4.69, 9.17) is 4.74 Å². The zero-order valence-corrected chi connectivity index (χ0v) is 19.0. The zero-order valence-electron chi connectivity index (χ0n) is 17.4. The summed E-state index contributed by atoms with van der Waals surface area (Å²) < 4.78 is 31.8. The van der Waals surface area contributed by atoms with Gasteiger partial charge in [0.15, 0.2) is 6.61 Å². The van der Waals surface area contributed by atoms with Gasteiger partial charge in [-0.25, -0.2) is 8.42 Å². The number of piperidine rings is 1. The van der Waals surface area contributed by atoms with E-state index >= 15 is 0 Å². The third-order valence-corrected chi connectivity index (χ3v) is 7.96. The SMILES string of the molecule is Cc1ccccc1SCC(=O)OCC(=O)Nc1ccc(S(=O)(=O)N2CCCCC2)cc1. The van der Waals surface area contributed by atoms with Crippen LogP contribution in [0.25, 0.3) is 0 Å². The molecule has 1 aliphatic heterocycles. The lowest BCUT2D eigenvalue weighted by atomic mass is 10.2. The minimum atomic E-state index is -3.51. The summed E-state index contributed by atoms with van der Waals surface area (Å²) in [7, 11) is -3.51. The van der Waals surface area contributed by atoms with E-state index in [0.29, 0.717) is 18.8 Å². The second kappa shape index (κ2) is 10.8. The third-order valence-electron chi connectivity index (χ3n) is 4.89. The number of nitrogens with zero attached hydrogens (tertiary/aromatic N) is 1. The standard InChI is InChI=1S/C22H26N2O5S2/c1-17-7-3-4-8-20(17)30-16-22(26)29-15-21(25)23-18-9-11-19(12-10-18)31(27,28)24-13-5-2-6-14-24/h3-4,7-12H,2,5-6,13-16H2,1H3,(H,23,25). The van der Waals surface area contributed by atoms with E-state index in [1.165, 1.54) is 40.3 Å². The number of esters is 1. The van der Waals surface area contributed by atoms with Crippen molar-refractivity contribution in [3.05, 3.63) is 54.1 Å². The summed E-state index contributed by atoms with van der Waals surface area (Å²) in [6.07, 6.45) is 2.79. The highest BCUT2D eigenvalue weighted by atomic mass is 32.2. The molecular formula is C22H26N2O5S2. The monoisotopic (exact) mass is 462 g/mol. The highest BCUT2D eigenvalue weighted by molar-refractivity contribution is 8.00. The number of aryl methyl sites for hydroxylation is 1. The van der Waals surface area contributed by atoms with Crippen molar-refractivity contribution in [2.24, 2.45) is 0 Å². The van der Waals surface area contributed by atoms with E-state index in [1.807, 2.05) is 31.2 Å². The number of sulfonamides is 1. The average Bonchev–Trinajstić information content (AvgIpc) is 2.78. The Labute approximate surface area is 187 Å². The minimum Gasteiger partial charge on any atom is -0.455 e. The first kappa shape index (κ1) is 23.3. The van der Waals surface area contributed by atoms with Gasteiger partial charge in [-0.15, -0.1) is 11.8 Å². The maximum Gasteiger partial charge on any atom is 0.316 e. The van der Waals surface area contributed by atoms with Crippen LogP contribution in [-0.2, 0) is 24.3 Å². The lowest BCUT2D eigenvalue weighted by Crippen LogP contribution is -2.35. The van der Waals surface area contributed by atoms with Gasteiger partial charge in [0, 0.05) is 23.7 Å². The first-order valence-electron chi connectivity index (χ1n) is 10.1. The Hall–Kier alpha value is -2.36. The number of amides is 1. The molecule has 1 fully saturated rings. The van der Waals surface area contributed by atoms with Crippen molar-refractivity contribution in [1.82, 2.24) is 4.31 Å². The van der Waals surface area contributed by atoms with Crippen molar-refractivity contribution in [3.8, 4) is 0 Å². The van der Waals surface area contributed by atoms with Crippen LogP contribution in [0.2, 0.25) is 0 Å². The number of ether oxygens (including phenoxy) is 1. The fraction of sp³-hybridized carbons (Fsp3) is 0.364. The van der Waals surface area contributed by atoms with Gasteiger partial charge in [-0.05, 0) is 55.7 Å². The highest BCUT2D eigenvalue weighted by Gasteiger charge is 2.25. The van der Waals surface area contributed by atoms with Crippen LogP contribution in [0, 0.1) is 6.92 Å². The molecule has 7 nitrogen and oxygen atoms in total. The van der Waals surface area contributed by atoms with Crippen LogP contribution in [0.3, 0.4) is 0 Å². The lowest BCUT2D eigenvalue weighted by Gasteiger charge is -2.25. The fourth-order valence-corrected chi connectivity index (χ4v) is 5.55. The lowest BCUT2D eigenvalue weighted by molar-refractivity contribution is -0.144. The quantitative estimate of drug-likeness (QED) is 0.477. The first-order valence-corrected chi connectivity index (χ1v) is 12.5. The Kier molecular flexibility index (Phi) is 8.11. The Morgan fingerprint density at radius 2 is 1.71 bits per heavy atom. The van der Waals surface area contributed by atoms with Crippen LogP contribution < -0.4 is 5.32 Å². The van der Waals surface area contributed by atoms with Crippen LogP contribution in [0.4, 0.5) is 5.69 Å². The van der Waals surface area contributed by atoms with Crippen LogP contribution in [-0.4, -0.2) is 50.0 Å². The number of hydrogen-bond acceptors (Lipinski definition) is 6. The van der Waals surface area contributed by atoms with Crippen molar-refractivity contribution >= 4 is 39.3 Å². The van der Waals surface area contributed by atoms with Crippen molar-refractivity contribution in [2.75, 3.05) is 30.8 Å². The normalized spacial score (nSPS) is 14.7. The molecular weight excluding hydrogens is 436 g/mol. The summed E-state index contributed by atoms with van der Waals surface area (Å²) in [6.45, 7) is 2.63. The van der Waals surface area contributed by atoms with E-state index in [2.05, 4.69) is 5.32 Å². The minimum absolute atomic E-state index is 0.112. The summed E-state index contributed by atoms with van der Waals surface area (Å²) in [5.41, 5.74) is 1.51. The Bertz CT molecular complexity index is 1020. The molecule has 0 bridgehead atoms. The van der Waals surface area contributed by atoms with E-state index in [1.54, 1.807) is 0 Å². The first-order chi connectivity index (χ1) is 14.9. The van der Waals surface area contributed by atoms with Gasteiger partial charge in [0.1, 0.15) is 0 Å². The van der Waals surface area contributed by atoms with Crippen LogP contribution in [0.1, 0.15) is 24.8 Å². The fourth-order valence-electron chi connectivity index (χ4n) is 3.20. The summed E-state index contributed by atoms with van der Waals surface area (Å²) in [4.78, 5) is 25.1. The number of hydrogen-bond donors (Lipinski definition) is 1. The molecule has 31 heavy (non-hydrogen) atoms. The van der Waals surface area contributed by atoms with Crippen LogP contribution in [0.5, 0.6) is 0 Å². The molecule has 9 heteroatoms. The smallest absolute Gasteiger partial charge is 0.316 e. The summed E-state index contributed by atoms with van der Waals surface area (Å²) in [5, 5.41) is 2.61. The summed E-state index contributed by atoms with van der Waals surface area (Å²) in [6, 6.07) is 13.7. The molecule has 0 atom stereocenters. The molecule has 0 radical (unpaired) electrons. The van der Waals surface area contributed by atoms with Crippen molar-refractivity contribution < 1.29 is 22.7 Å². The highest BCUT2D eigenvalue weighted by Crippen LogP contribution is 2.23. The molecule has 0 saturated carbocycles. The molecule has 1 saturated heterocycles. The number of carbonyl (C=O) groups is 2. The maximum absolute atomic E-state index is 12.7. The molecule has 0 unspecified atom stereocenters. The average molecular weight is 463 g/mol. The summed E-state index contributed by atoms with van der Waals surface area (Å²) >= 11 is 1.36. The molecule has 1 aliphatic rings. The molecule has 1 N–H and O–H groups in total. The van der Waals surface area contributed by atoms with Crippen molar-refractivity contribution in [2.45, 2.75) is 36.0 Å². The molecule has 3 rings (SSSR count).